The van der Waals surface area contributed by atoms with Gasteiger partial charge in [0.05, 0.1) is 12.7 Å². The van der Waals surface area contributed by atoms with Crippen LogP contribution < -0.4 is 5.32 Å². The van der Waals surface area contributed by atoms with E-state index in [2.05, 4.69) is 17.3 Å². The van der Waals surface area contributed by atoms with E-state index in [0.29, 0.717) is 13.2 Å². The van der Waals surface area contributed by atoms with Crippen LogP contribution in [0.2, 0.25) is 0 Å². The van der Waals surface area contributed by atoms with Gasteiger partial charge in [0, 0.05) is 32.5 Å². The molecule has 16 heavy (non-hydrogen) atoms. The summed E-state index contributed by atoms with van der Waals surface area (Å²) in [6, 6.07) is 1.87. The Kier molecular flexibility index (Phi) is 5.88. The first-order valence-corrected chi connectivity index (χ1v) is 5.71. The number of rotatable bonds is 8. The van der Waals surface area contributed by atoms with Gasteiger partial charge in [0.15, 0.2) is 0 Å². The summed E-state index contributed by atoms with van der Waals surface area (Å²) in [4.78, 5) is 0. The van der Waals surface area contributed by atoms with Gasteiger partial charge in [-0.3, -0.25) is 4.68 Å². The van der Waals surface area contributed by atoms with Gasteiger partial charge in [-0.2, -0.15) is 5.10 Å². The van der Waals surface area contributed by atoms with Crippen LogP contribution in [0.5, 0.6) is 0 Å². The van der Waals surface area contributed by atoms with Crippen LogP contribution in [0.4, 0.5) is 5.82 Å². The first-order chi connectivity index (χ1) is 7.72. The number of nitrogens with one attached hydrogen (secondary N) is 1. The summed E-state index contributed by atoms with van der Waals surface area (Å²) in [6.07, 6.45) is 3.52. The second-order valence-corrected chi connectivity index (χ2v) is 3.84. The third kappa shape index (κ3) is 5.14. The van der Waals surface area contributed by atoms with Crippen molar-refractivity contribution in [2.45, 2.75) is 25.9 Å². The van der Waals surface area contributed by atoms with Gasteiger partial charge in [-0.05, 0) is 6.42 Å². The summed E-state index contributed by atoms with van der Waals surface area (Å²) in [5.41, 5.74) is 0. The zero-order valence-electron chi connectivity index (χ0n) is 10.0. The molecule has 0 saturated carbocycles. The minimum absolute atomic E-state index is 0.375. The van der Waals surface area contributed by atoms with Crippen molar-refractivity contribution in [2.75, 3.05) is 25.1 Å². The summed E-state index contributed by atoms with van der Waals surface area (Å²) in [5, 5.41) is 16.8. The molecule has 92 valence electrons. The molecule has 0 saturated heterocycles. The molecule has 2 N–H and O–H groups in total. The lowest BCUT2D eigenvalue weighted by molar-refractivity contribution is 0.0421. The van der Waals surface area contributed by atoms with Crippen LogP contribution in [-0.4, -0.2) is 40.7 Å². The Bertz CT molecular complexity index is 289. The van der Waals surface area contributed by atoms with Gasteiger partial charge >= 0.3 is 0 Å². The second kappa shape index (κ2) is 7.24. The minimum atomic E-state index is -0.487. The Labute approximate surface area is 96.4 Å². The molecule has 0 radical (unpaired) electrons. The molecule has 0 spiro atoms. The van der Waals surface area contributed by atoms with Crippen LogP contribution >= 0.6 is 0 Å². The topological polar surface area (TPSA) is 59.3 Å². The van der Waals surface area contributed by atoms with E-state index in [1.165, 1.54) is 0 Å². The highest BCUT2D eigenvalue weighted by Gasteiger charge is 2.04. The van der Waals surface area contributed by atoms with E-state index >= 15 is 0 Å². The Morgan fingerprint density at radius 1 is 1.62 bits per heavy atom. The van der Waals surface area contributed by atoms with Crippen LogP contribution in [0.25, 0.3) is 0 Å². The van der Waals surface area contributed by atoms with Crippen molar-refractivity contribution in [2.24, 2.45) is 7.05 Å². The van der Waals surface area contributed by atoms with E-state index < -0.39 is 6.10 Å². The summed E-state index contributed by atoms with van der Waals surface area (Å²) in [7, 11) is 1.86. The fourth-order valence-electron chi connectivity index (χ4n) is 1.26. The smallest absolute Gasteiger partial charge is 0.148 e. The summed E-state index contributed by atoms with van der Waals surface area (Å²) >= 11 is 0. The SMILES string of the molecule is CCCCOCC(O)CNc1ccn(C)n1. The number of anilines is 1. The quantitative estimate of drug-likeness (QED) is 0.651. The third-order valence-electron chi connectivity index (χ3n) is 2.18. The van der Waals surface area contributed by atoms with E-state index in [0.717, 1.165) is 25.3 Å². The number of ether oxygens (including phenoxy) is 1. The zero-order valence-corrected chi connectivity index (χ0v) is 10.0. The highest BCUT2D eigenvalue weighted by atomic mass is 16.5. The molecule has 0 aliphatic carbocycles. The lowest BCUT2D eigenvalue weighted by atomic mass is 10.3. The van der Waals surface area contributed by atoms with Gasteiger partial charge in [0.2, 0.25) is 0 Å². The summed E-state index contributed by atoms with van der Waals surface area (Å²) < 4.78 is 7.03. The first-order valence-electron chi connectivity index (χ1n) is 5.71. The number of aliphatic hydroxyl groups excluding tert-OH is 1. The van der Waals surface area contributed by atoms with Gasteiger partial charge in [0.25, 0.3) is 0 Å². The van der Waals surface area contributed by atoms with Crippen LogP contribution in [0.15, 0.2) is 12.3 Å². The first kappa shape index (κ1) is 13.0. The predicted molar refractivity (Wildman–Crippen MR) is 63.4 cm³/mol. The van der Waals surface area contributed by atoms with E-state index in [4.69, 9.17) is 4.74 Å². The molecule has 1 heterocycles. The molecule has 0 bridgehead atoms. The van der Waals surface area contributed by atoms with Crippen molar-refractivity contribution in [1.82, 2.24) is 9.78 Å². The molecule has 1 aromatic heterocycles. The highest BCUT2D eigenvalue weighted by Crippen LogP contribution is 2.01. The van der Waals surface area contributed by atoms with Gasteiger partial charge in [0.1, 0.15) is 5.82 Å². The van der Waals surface area contributed by atoms with Crippen molar-refractivity contribution in [3.8, 4) is 0 Å². The average Bonchev–Trinajstić information content (AvgIpc) is 2.68. The Hall–Kier alpha value is -1.07. The fraction of sp³-hybridized carbons (Fsp3) is 0.727. The largest absolute Gasteiger partial charge is 0.389 e. The highest BCUT2D eigenvalue weighted by molar-refractivity contribution is 5.31. The number of aliphatic hydroxyl groups is 1. The maximum atomic E-state index is 9.59. The molecule has 1 rings (SSSR count). The minimum Gasteiger partial charge on any atom is -0.389 e. The second-order valence-electron chi connectivity index (χ2n) is 3.84. The summed E-state index contributed by atoms with van der Waals surface area (Å²) in [6.45, 7) is 3.67. The fourth-order valence-corrected chi connectivity index (χ4v) is 1.26. The Morgan fingerprint density at radius 3 is 3.06 bits per heavy atom. The maximum Gasteiger partial charge on any atom is 0.148 e. The molecule has 0 aliphatic rings. The molecule has 0 amide bonds. The number of aryl methyl sites for hydroxylation is 1. The molecular formula is C11H21N3O2. The number of hydrogen-bond acceptors (Lipinski definition) is 4. The van der Waals surface area contributed by atoms with Gasteiger partial charge in [-0.25, -0.2) is 0 Å². The van der Waals surface area contributed by atoms with Crippen molar-refractivity contribution in [3.05, 3.63) is 12.3 Å². The van der Waals surface area contributed by atoms with E-state index in [1.54, 1.807) is 4.68 Å². The van der Waals surface area contributed by atoms with Gasteiger partial charge in [-0.15, -0.1) is 0 Å². The van der Waals surface area contributed by atoms with Gasteiger partial charge < -0.3 is 15.2 Å². The molecule has 1 aromatic rings. The van der Waals surface area contributed by atoms with Gasteiger partial charge in [-0.1, -0.05) is 13.3 Å². The standard InChI is InChI=1S/C11H21N3O2/c1-3-4-7-16-9-10(15)8-12-11-5-6-14(2)13-11/h5-6,10,15H,3-4,7-9H2,1-2H3,(H,12,13). The van der Waals surface area contributed by atoms with Crippen molar-refractivity contribution < 1.29 is 9.84 Å². The monoisotopic (exact) mass is 227 g/mol. The normalized spacial score (nSPS) is 12.7. The van der Waals surface area contributed by atoms with E-state index in [1.807, 2.05) is 19.3 Å². The number of nitrogens with zero attached hydrogens (tertiary/aromatic N) is 2. The number of aromatic nitrogens is 2. The van der Waals surface area contributed by atoms with Crippen molar-refractivity contribution in [1.29, 1.82) is 0 Å². The molecule has 0 fully saturated rings. The molecule has 5 heteroatoms. The average molecular weight is 227 g/mol. The molecule has 0 aliphatic heterocycles. The van der Waals surface area contributed by atoms with Crippen LogP contribution in [0, 0.1) is 0 Å². The predicted octanol–water partition coefficient (Wildman–Crippen LogP) is 1.01. The molecule has 0 aromatic carbocycles. The summed E-state index contributed by atoms with van der Waals surface area (Å²) in [5.74, 6) is 0.773. The molecule has 5 nitrogen and oxygen atoms in total. The maximum absolute atomic E-state index is 9.59. The Balaban J connectivity index is 2.08. The number of hydrogen-bond donors (Lipinski definition) is 2. The third-order valence-corrected chi connectivity index (χ3v) is 2.18. The lowest BCUT2D eigenvalue weighted by Gasteiger charge is -2.11. The zero-order chi connectivity index (χ0) is 11.8. The van der Waals surface area contributed by atoms with Crippen molar-refractivity contribution >= 4 is 5.82 Å². The van der Waals surface area contributed by atoms with E-state index in [-0.39, 0.29) is 0 Å². The van der Waals surface area contributed by atoms with E-state index in [9.17, 15) is 5.11 Å². The Morgan fingerprint density at radius 2 is 2.44 bits per heavy atom. The van der Waals surface area contributed by atoms with Crippen molar-refractivity contribution in [3.63, 3.8) is 0 Å². The molecule has 1 atom stereocenters. The van der Waals surface area contributed by atoms with Crippen LogP contribution in [-0.2, 0) is 11.8 Å². The number of unbranched alkanes of at least 4 members (excludes halogenated alkanes) is 1. The molecular weight excluding hydrogens is 206 g/mol. The lowest BCUT2D eigenvalue weighted by Crippen LogP contribution is -2.25. The van der Waals surface area contributed by atoms with Crippen LogP contribution in [0.3, 0.4) is 0 Å². The van der Waals surface area contributed by atoms with Crippen LogP contribution in [0.1, 0.15) is 19.8 Å². The molecule has 1 unspecified atom stereocenters.